The Labute approximate surface area is 398 Å². The van der Waals surface area contributed by atoms with Crippen molar-refractivity contribution in [2.45, 2.75) is 97.3 Å². The maximum absolute atomic E-state index is 13.4. The normalized spacial score (nSPS) is 15.4. The van der Waals surface area contributed by atoms with Gasteiger partial charge in [0, 0.05) is 37.3 Å². The molecule has 15 nitrogen and oxygen atoms in total. The van der Waals surface area contributed by atoms with Crippen LogP contribution in [-0.4, -0.2) is 85.5 Å². The number of aromatic nitrogens is 2. The van der Waals surface area contributed by atoms with E-state index in [2.05, 4.69) is 4.74 Å². The van der Waals surface area contributed by atoms with Gasteiger partial charge in [-0.1, -0.05) is 42.8 Å². The molecule has 1 saturated heterocycles. The van der Waals surface area contributed by atoms with Crippen LogP contribution >= 0.6 is 23.2 Å². The Morgan fingerprint density at radius 1 is 0.725 bits per heavy atom. The van der Waals surface area contributed by atoms with Crippen molar-refractivity contribution in [3.8, 4) is 0 Å². The molecule has 382 valence electrons. The van der Waals surface area contributed by atoms with Crippen LogP contribution < -0.4 is 19.9 Å². The highest BCUT2D eigenvalue weighted by atomic mass is 35.5. The third kappa shape index (κ3) is 13.4. The fourth-order valence-corrected chi connectivity index (χ4v) is 10.2. The van der Waals surface area contributed by atoms with E-state index in [1.807, 2.05) is 9.29 Å². The number of nitrogen functional groups attached to an aromatic ring is 1. The largest absolute Gasteiger partial charge is 0.447 e. The van der Waals surface area contributed by atoms with Gasteiger partial charge in [-0.25, -0.2) is 22.4 Å². The van der Waals surface area contributed by atoms with E-state index < -0.39 is 80.0 Å². The van der Waals surface area contributed by atoms with Crippen molar-refractivity contribution in [3.05, 3.63) is 104 Å². The van der Waals surface area contributed by atoms with E-state index in [1.54, 1.807) is 0 Å². The third-order valence-corrected chi connectivity index (χ3v) is 13.8. The quantitative estimate of drug-likeness (QED) is 0.0751. The van der Waals surface area contributed by atoms with Crippen LogP contribution in [0, 0.1) is 23.3 Å². The van der Waals surface area contributed by atoms with E-state index in [0.29, 0.717) is 62.4 Å². The zero-order valence-corrected chi connectivity index (χ0v) is 38.4. The van der Waals surface area contributed by atoms with Crippen molar-refractivity contribution in [3.63, 3.8) is 0 Å². The molecule has 2 atom stereocenters. The number of amides is 1. The number of nitrogens with zero attached hydrogens (tertiary/aromatic N) is 3. The van der Waals surface area contributed by atoms with Gasteiger partial charge in [0.15, 0.2) is 34.8 Å². The van der Waals surface area contributed by atoms with E-state index >= 15 is 0 Å². The van der Waals surface area contributed by atoms with Gasteiger partial charge in [0.2, 0.25) is 0 Å². The van der Waals surface area contributed by atoms with Crippen LogP contribution in [0.4, 0.5) is 60.1 Å². The first-order chi connectivity index (χ1) is 31.4. The Morgan fingerprint density at radius 3 is 1.62 bits per heavy atom. The lowest BCUT2D eigenvalue weighted by atomic mass is 10.1. The number of Topliss-reactive ketones (excluding diaryl/α,β-unsaturated/α-hetero) is 2. The Hall–Kier alpha value is -5.09. The number of ketones is 2. The number of halogens is 12. The zero-order chi connectivity index (χ0) is 50.8. The van der Waals surface area contributed by atoms with E-state index in [1.165, 1.54) is 26.1 Å². The smallest absolute Gasteiger partial charge is 0.424 e. The highest BCUT2D eigenvalue weighted by Crippen LogP contribution is 2.39. The van der Waals surface area contributed by atoms with Gasteiger partial charge in [0.1, 0.15) is 30.1 Å². The van der Waals surface area contributed by atoms with Gasteiger partial charge < -0.3 is 19.6 Å². The van der Waals surface area contributed by atoms with E-state index in [0.717, 1.165) is 42.8 Å². The summed E-state index contributed by atoms with van der Waals surface area (Å²) in [5.41, 5.74) is 8.30. The molecule has 0 aliphatic carbocycles. The predicted molar refractivity (Wildman–Crippen MR) is 232 cm³/mol. The number of fused-ring (bicyclic) bond motifs is 2. The maximum atomic E-state index is 13.4. The second kappa shape index (κ2) is 21.9. The molecule has 0 unspecified atom stereocenters. The molecule has 69 heavy (non-hydrogen) atoms. The number of hydrogen-bond acceptors (Lipinski definition) is 9. The summed E-state index contributed by atoms with van der Waals surface area (Å²) < 4.78 is 187. The SMILES string of the molecule is C.C[C@@H](NS(=O)(=O)N1CCOC1=O)C(F)(F)F.C[C@@H](NS(=O)(=O)Nc1c(Cl)c(C(=O)Cc2ccc(F)c(F)c2)n2c1CCC2)C(F)(F)F.Nc1c(Cl)c(C(=O)Cc2ccc(F)c(F)c2)n2c1CCC2. The molecule has 2 aromatic carbocycles. The van der Waals surface area contributed by atoms with Crippen molar-refractivity contribution in [1.29, 1.82) is 0 Å². The van der Waals surface area contributed by atoms with Crippen molar-refractivity contribution < 1.29 is 79.9 Å². The lowest BCUT2D eigenvalue weighted by Gasteiger charge is -2.20. The van der Waals surface area contributed by atoms with Crippen LogP contribution in [0.1, 0.15) is 77.6 Å². The molecule has 2 aromatic heterocycles. The first-order valence-electron chi connectivity index (χ1n) is 19.8. The number of carbonyl (C=O) groups excluding carboxylic acids is 3. The topological polar surface area (TPSA) is 204 Å². The molecule has 0 saturated carbocycles. The molecular weight excluding hydrogens is 1030 g/mol. The molecule has 7 rings (SSSR count). The van der Waals surface area contributed by atoms with Crippen LogP contribution in [0.25, 0.3) is 0 Å². The van der Waals surface area contributed by atoms with Crippen molar-refractivity contribution in [2.24, 2.45) is 0 Å². The summed E-state index contributed by atoms with van der Waals surface area (Å²) in [6.07, 6.45) is -8.46. The minimum atomic E-state index is -4.80. The number of hydrogen-bond donors (Lipinski definition) is 4. The van der Waals surface area contributed by atoms with Crippen LogP contribution in [-0.2, 0) is 63.9 Å². The van der Waals surface area contributed by atoms with Gasteiger partial charge in [0.25, 0.3) is 10.2 Å². The minimum absolute atomic E-state index is 0. The van der Waals surface area contributed by atoms with E-state index in [9.17, 15) is 75.1 Å². The van der Waals surface area contributed by atoms with Crippen LogP contribution in [0.3, 0.4) is 0 Å². The van der Waals surface area contributed by atoms with E-state index in [-0.39, 0.29) is 70.5 Å². The summed E-state index contributed by atoms with van der Waals surface area (Å²) in [6, 6.07) is 1.76. The summed E-state index contributed by atoms with van der Waals surface area (Å²) in [4.78, 5) is 36.1. The summed E-state index contributed by atoms with van der Waals surface area (Å²) in [5.74, 6) is -4.93. The highest BCUT2D eigenvalue weighted by molar-refractivity contribution is 7.90. The lowest BCUT2D eigenvalue weighted by Crippen LogP contribution is -2.49. The second-order valence-corrected chi connectivity index (χ2v) is 19.1. The molecule has 0 spiro atoms. The molecule has 1 amide bonds. The van der Waals surface area contributed by atoms with Crippen LogP contribution in [0.2, 0.25) is 10.0 Å². The molecule has 5 heterocycles. The fourth-order valence-electron chi connectivity index (χ4n) is 7.02. The van der Waals surface area contributed by atoms with E-state index in [4.69, 9.17) is 28.9 Å². The number of rotatable bonds is 13. The summed E-state index contributed by atoms with van der Waals surface area (Å²) in [7, 11) is -9.17. The van der Waals surface area contributed by atoms with Crippen LogP contribution in [0.15, 0.2) is 36.4 Å². The lowest BCUT2D eigenvalue weighted by molar-refractivity contribution is -0.147. The number of benzene rings is 2. The average molecular weight is 1070 g/mol. The predicted octanol–water partition coefficient (Wildman–Crippen LogP) is 8.22. The standard InChI is InChI=1S/C18H17ClF5N3O3S.C15H13ClF2N2O.C6H9F3N2O4S.CH4/c1-9(18(22,23)24)25-31(29,30)26-16-13-3-2-6-27(13)17(15(16)19)14(28)8-10-4-5-11(20)12(21)7-10;16-13-14(19)11-2-1-5-20(11)15(13)12(21)7-8-3-4-9(17)10(18)6-8;1-4(6(7,8)9)10-16(13,14)11-2-3-15-5(11)12;/h4-5,7,9,25-26H,2-3,6,8H2,1H3;3-4,6H,1-2,5,7,19H2;4,10H,2-3H2,1H3;1H4/t9-;;4-;/m1.1./s1. The first kappa shape index (κ1) is 56.5. The molecule has 0 radical (unpaired) electrons. The Bertz CT molecular complexity index is 2820. The summed E-state index contributed by atoms with van der Waals surface area (Å²) in [6.45, 7) is 1.85. The monoisotopic (exact) mass is 1070 g/mol. The Balaban J connectivity index is 0.000000238. The molecule has 0 bridgehead atoms. The molecule has 3 aliphatic rings. The summed E-state index contributed by atoms with van der Waals surface area (Å²) >= 11 is 12.4. The number of cyclic esters (lactones) is 1. The van der Waals surface area contributed by atoms with Gasteiger partial charge in [-0.3, -0.25) is 14.3 Å². The maximum Gasteiger partial charge on any atom is 0.424 e. The summed E-state index contributed by atoms with van der Waals surface area (Å²) in [5, 5.41) is -0.00963. The van der Waals surface area contributed by atoms with Crippen molar-refractivity contribution in [2.75, 3.05) is 23.6 Å². The Kier molecular flexibility index (Phi) is 17.9. The number of nitrogens with two attached hydrogens (primary N) is 1. The Morgan fingerprint density at radius 2 is 1.17 bits per heavy atom. The van der Waals surface area contributed by atoms with Gasteiger partial charge in [-0.15, -0.1) is 0 Å². The number of nitrogens with one attached hydrogen (secondary N) is 3. The molecule has 4 aromatic rings. The zero-order valence-electron chi connectivity index (χ0n) is 35.2. The molecular formula is C40H43Cl2F10N7O8S2. The number of ether oxygens (including phenoxy) is 1. The highest BCUT2D eigenvalue weighted by Gasteiger charge is 2.43. The fraction of sp³-hybridized carbons (Fsp3) is 0.425. The molecule has 3 aliphatic heterocycles. The third-order valence-electron chi connectivity index (χ3n) is 10.4. The second-order valence-electron chi connectivity index (χ2n) is 15.3. The number of anilines is 2. The van der Waals surface area contributed by atoms with Crippen LogP contribution in [0.5, 0.6) is 0 Å². The first-order valence-corrected chi connectivity index (χ1v) is 23.5. The number of alkyl halides is 6. The average Bonchev–Trinajstić information content (AvgIpc) is 4.06. The molecule has 1 fully saturated rings. The van der Waals surface area contributed by atoms with Gasteiger partial charge in [-0.05, 0) is 74.9 Å². The minimum Gasteiger partial charge on any atom is -0.447 e. The van der Waals surface area contributed by atoms with Crippen molar-refractivity contribution in [1.82, 2.24) is 22.9 Å². The molecule has 29 heteroatoms. The molecule has 5 N–H and O–H groups in total. The van der Waals surface area contributed by atoms with Gasteiger partial charge >= 0.3 is 28.7 Å². The number of carbonyl (C=O) groups is 3. The van der Waals surface area contributed by atoms with Crippen molar-refractivity contribution >= 4 is 72.7 Å². The van der Waals surface area contributed by atoms with Gasteiger partial charge in [-0.2, -0.15) is 56.9 Å². The van der Waals surface area contributed by atoms with Gasteiger partial charge in [0.05, 0.1) is 28.0 Å².